The minimum atomic E-state index is -3.17. The molecule has 1 aromatic heterocycles. The van der Waals surface area contributed by atoms with Crippen LogP contribution >= 0.6 is 12.4 Å². The molecule has 26 heavy (non-hydrogen) atoms. The predicted molar refractivity (Wildman–Crippen MR) is 90.7 cm³/mol. The zero-order valence-electron chi connectivity index (χ0n) is 13.9. The van der Waals surface area contributed by atoms with E-state index in [4.69, 9.17) is 15.2 Å². The van der Waals surface area contributed by atoms with Gasteiger partial charge in [-0.2, -0.15) is 0 Å². The molecule has 3 rings (SSSR count). The molecule has 142 valence electrons. The van der Waals surface area contributed by atoms with E-state index in [1.807, 2.05) is 0 Å². The van der Waals surface area contributed by atoms with E-state index >= 15 is 0 Å². The normalized spacial score (nSPS) is 13.1. The Morgan fingerprint density at radius 1 is 1.35 bits per heavy atom. The van der Waals surface area contributed by atoms with Gasteiger partial charge < -0.3 is 20.5 Å². The summed E-state index contributed by atoms with van der Waals surface area (Å²) in [6, 6.07) is 5.17. The quantitative estimate of drug-likeness (QED) is 0.793. The average molecular weight is 390 g/mol. The van der Waals surface area contributed by atoms with Gasteiger partial charge in [0.05, 0.1) is 24.5 Å². The number of hydrogen-bond acceptors (Lipinski definition) is 6. The molecule has 0 unspecified atom stereocenters. The molecule has 0 spiro atoms. The molecule has 1 aromatic carbocycles. The summed E-state index contributed by atoms with van der Waals surface area (Å²) < 4.78 is 38.7. The molecule has 2 aromatic rings. The van der Waals surface area contributed by atoms with E-state index in [-0.39, 0.29) is 18.1 Å². The first-order chi connectivity index (χ1) is 11.9. The number of aromatic nitrogens is 3. The lowest BCUT2D eigenvalue weighted by Crippen LogP contribution is -2.41. The standard InChI is InChI=1S/C15H17F2N5O3.ClH/c1-9-13(14(23)19-8-15(16,17)7-18)20-21-22(9)10-2-3-11-12(6-10)25-5-4-24-11;/h2-3,6H,4-5,7-8,18H2,1H3,(H,19,23);1H. The predicted octanol–water partition coefficient (Wildman–Crippen LogP) is 1.09. The van der Waals surface area contributed by atoms with Crippen LogP contribution in [0.25, 0.3) is 5.69 Å². The second-order valence-corrected chi connectivity index (χ2v) is 5.51. The van der Waals surface area contributed by atoms with Gasteiger partial charge in [0.15, 0.2) is 17.2 Å². The van der Waals surface area contributed by atoms with E-state index in [0.29, 0.717) is 36.1 Å². The van der Waals surface area contributed by atoms with Crippen LogP contribution in [0.3, 0.4) is 0 Å². The number of fused-ring (bicyclic) bond motifs is 1. The van der Waals surface area contributed by atoms with Crippen LogP contribution in [-0.2, 0) is 0 Å². The van der Waals surface area contributed by atoms with E-state index in [1.165, 1.54) is 4.68 Å². The van der Waals surface area contributed by atoms with Gasteiger partial charge in [-0.3, -0.25) is 4.79 Å². The SMILES string of the molecule is Cc1c(C(=O)NCC(F)(F)CN)nnn1-c1ccc2c(c1)OCCO2.Cl. The number of halogens is 3. The number of benzene rings is 1. The van der Waals surface area contributed by atoms with Crippen molar-refractivity contribution >= 4 is 18.3 Å². The molecule has 2 heterocycles. The Hall–Kier alpha value is -2.46. The second kappa shape index (κ2) is 7.83. The summed E-state index contributed by atoms with van der Waals surface area (Å²) >= 11 is 0. The Balaban J connectivity index is 0.00000243. The Kier molecular flexibility index (Phi) is 5.98. The van der Waals surface area contributed by atoms with Crippen molar-refractivity contribution in [3.8, 4) is 17.2 Å². The molecule has 0 fully saturated rings. The van der Waals surface area contributed by atoms with Gasteiger partial charge in [0.25, 0.3) is 11.8 Å². The van der Waals surface area contributed by atoms with Crippen LogP contribution in [0.1, 0.15) is 16.2 Å². The maximum absolute atomic E-state index is 13.2. The zero-order valence-corrected chi connectivity index (χ0v) is 14.7. The molecule has 0 bridgehead atoms. The first kappa shape index (κ1) is 19.9. The topological polar surface area (TPSA) is 104 Å². The first-order valence-corrected chi connectivity index (χ1v) is 7.60. The number of hydrogen-bond donors (Lipinski definition) is 2. The van der Waals surface area contributed by atoms with Gasteiger partial charge in [-0.15, -0.1) is 17.5 Å². The molecule has 8 nitrogen and oxygen atoms in total. The zero-order chi connectivity index (χ0) is 18.0. The fourth-order valence-corrected chi connectivity index (χ4v) is 2.31. The molecule has 0 radical (unpaired) electrons. The summed E-state index contributed by atoms with van der Waals surface area (Å²) in [4.78, 5) is 12.1. The van der Waals surface area contributed by atoms with Crippen molar-refractivity contribution in [1.82, 2.24) is 20.3 Å². The Bertz CT molecular complexity index is 800. The van der Waals surface area contributed by atoms with E-state index in [1.54, 1.807) is 25.1 Å². The van der Waals surface area contributed by atoms with Crippen LogP contribution in [0.5, 0.6) is 11.5 Å². The van der Waals surface area contributed by atoms with Gasteiger partial charge in [-0.05, 0) is 19.1 Å². The van der Waals surface area contributed by atoms with Crippen molar-refractivity contribution in [2.45, 2.75) is 12.8 Å². The van der Waals surface area contributed by atoms with Crippen molar-refractivity contribution in [3.63, 3.8) is 0 Å². The third-order valence-corrected chi connectivity index (χ3v) is 3.69. The smallest absolute Gasteiger partial charge is 0.277 e. The van der Waals surface area contributed by atoms with E-state index in [9.17, 15) is 13.6 Å². The number of nitrogens with two attached hydrogens (primary N) is 1. The number of amides is 1. The van der Waals surface area contributed by atoms with E-state index < -0.39 is 24.9 Å². The van der Waals surface area contributed by atoms with E-state index in [0.717, 1.165) is 0 Å². The molecule has 0 aliphatic carbocycles. The van der Waals surface area contributed by atoms with Crippen molar-refractivity contribution in [2.75, 3.05) is 26.3 Å². The van der Waals surface area contributed by atoms with E-state index in [2.05, 4.69) is 15.6 Å². The van der Waals surface area contributed by atoms with Crippen LogP contribution in [0.15, 0.2) is 18.2 Å². The summed E-state index contributed by atoms with van der Waals surface area (Å²) in [6.45, 7) is 0.823. The fraction of sp³-hybridized carbons (Fsp3) is 0.400. The lowest BCUT2D eigenvalue weighted by molar-refractivity contribution is 0.0118. The number of carbonyl (C=O) groups is 1. The Morgan fingerprint density at radius 3 is 2.73 bits per heavy atom. The van der Waals surface area contributed by atoms with Crippen LogP contribution in [0.2, 0.25) is 0 Å². The lowest BCUT2D eigenvalue weighted by atomic mass is 10.2. The summed E-state index contributed by atoms with van der Waals surface area (Å²) in [7, 11) is 0. The highest BCUT2D eigenvalue weighted by Crippen LogP contribution is 2.32. The highest BCUT2D eigenvalue weighted by Gasteiger charge is 2.28. The third kappa shape index (κ3) is 4.02. The third-order valence-electron chi connectivity index (χ3n) is 3.69. The van der Waals surface area contributed by atoms with Gasteiger partial charge >= 0.3 is 0 Å². The van der Waals surface area contributed by atoms with Crippen LogP contribution < -0.4 is 20.5 Å². The highest BCUT2D eigenvalue weighted by molar-refractivity contribution is 5.93. The van der Waals surface area contributed by atoms with Gasteiger partial charge in [-0.1, -0.05) is 5.21 Å². The number of carbonyl (C=O) groups excluding carboxylic acids is 1. The maximum Gasteiger partial charge on any atom is 0.277 e. The summed E-state index contributed by atoms with van der Waals surface area (Å²) in [6.07, 6.45) is 0. The molecular weight excluding hydrogens is 372 g/mol. The van der Waals surface area contributed by atoms with Crippen LogP contribution in [-0.4, -0.2) is 53.1 Å². The number of rotatable bonds is 5. The molecule has 0 atom stereocenters. The molecule has 1 aliphatic heterocycles. The van der Waals surface area contributed by atoms with Crippen molar-refractivity contribution in [3.05, 3.63) is 29.6 Å². The van der Waals surface area contributed by atoms with Gasteiger partial charge in [0.2, 0.25) is 0 Å². The van der Waals surface area contributed by atoms with Crippen LogP contribution in [0, 0.1) is 6.92 Å². The minimum Gasteiger partial charge on any atom is -0.486 e. The average Bonchev–Trinajstić information content (AvgIpc) is 3.01. The van der Waals surface area contributed by atoms with Crippen molar-refractivity contribution in [2.24, 2.45) is 5.73 Å². The molecule has 1 aliphatic rings. The van der Waals surface area contributed by atoms with Crippen molar-refractivity contribution in [1.29, 1.82) is 0 Å². The molecule has 0 saturated carbocycles. The number of nitrogens with zero attached hydrogens (tertiary/aromatic N) is 3. The molecule has 11 heteroatoms. The highest BCUT2D eigenvalue weighted by atomic mass is 35.5. The molecular formula is C15H18ClF2N5O3. The first-order valence-electron chi connectivity index (χ1n) is 7.60. The Labute approximate surface area is 154 Å². The lowest BCUT2D eigenvalue weighted by Gasteiger charge is -2.18. The summed E-state index contributed by atoms with van der Waals surface area (Å²) in [5.41, 5.74) is 5.92. The molecule has 1 amide bonds. The molecule has 3 N–H and O–H groups in total. The largest absolute Gasteiger partial charge is 0.486 e. The monoisotopic (exact) mass is 389 g/mol. The van der Waals surface area contributed by atoms with Gasteiger partial charge in [-0.25, -0.2) is 13.5 Å². The van der Waals surface area contributed by atoms with Crippen LogP contribution in [0.4, 0.5) is 8.78 Å². The number of alkyl halides is 2. The molecule has 0 saturated heterocycles. The minimum absolute atomic E-state index is 0. The van der Waals surface area contributed by atoms with Gasteiger partial charge in [0, 0.05) is 6.07 Å². The second-order valence-electron chi connectivity index (χ2n) is 5.51. The number of nitrogens with one attached hydrogen (secondary N) is 1. The fourth-order valence-electron chi connectivity index (χ4n) is 2.31. The van der Waals surface area contributed by atoms with Crippen molar-refractivity contribution < 1.29 is 23.0 Å². The maximum atomic E-state index is 13.2. The summed E-state index contributed by atoms with van der Waals surface area (Å²) in [5.74, 6) is -2.73. The van der Waals surface area contributed by atoms with Gasteiger partial charge in [0.1, 0.15) is 13.2 Å². The summed E-state index contributed by atoms with van der Waals surface area (Å²) in [5, 5.41) is 9.82. The number of ether oxygens (including phenoxy) is 2. The Morgan fingerprint density at radius 2 is 2.04 bits per heavy atom.